The van der Waals surface area contributed by atoms with Crippen molar-refractivity contribution >= 4 is 11.7 Å². The predicted molar refractivity (Wildman–Crippen MR) is 97.0 cm³/mol. The first-order valence-corrected chi connectivity index (χ1v) is 9.31. The molecule has 0 radical (unpaired) electrons. The molecule has 1 N–H and O–H groups in total. The first-order valence-electron chi connectivity index (χ1n) is 9.31. The SMILES string of the molecule is Cc1nnc([C@]23CCC[C@H]2CN(C(=O)c2cccnc2NC(C)C)C3)o1. The molecule has 0 spiro atoms. The van der Waals surface area contributed by atoms with Gasteiger partial charge in [-0.25, -0.2) is 4.98 Å². The van der Waals surface area contributed by atoms with Crippen LogP contribution in [0.5, 0.6) is 0 Å². The highest BCUT2D eigenvalue weighted by Crippen LogP contribution is 2.50. The zero-order valence-electron chi connectivity index (χ0n) is 15.5. The molecule has 7 heteroatoms. The molecule has 1 aliphatic carbocycles. The lowest BCUT2D eigenvalue weighted by atomic mass is 9.80. The molecule has 2 aliphatic rings. The van der Waals surface area contributed by atoms with Crippen molar-refractivity contribution in [3.63, 3.8) is 0 Å². The fourth-order valence-corrected chi connectivity index (χ4v) is 4.43. The van der Waals surface area contributed by atoms with Crippen LogP contribution in [0.25, 0.3) is 0 Å². The Labute approximate surface area is 153 Å². The molecule has 1 amide bonds. The van der Waals surface area contributed by atoms with Crippen LogP contribution in [0, 0.1) is 12.8 Å². The van der Waals surface area contributed by atoms with Crippen LogP contribution in [0.4, 0.5) is 5.82 Å². The largest absolute Gasteiger partial charge is 0.425 e. The number of carbonyl (C=O) groups excluding carboxylic acids is 1. The van der Waals surface area contributed by atoms with Gasteiger partial charge in [-0.2, -0.15) is 0 Å². The van der Waals surface area contributed by atoms with Gasteiger partial charge in [0.15, 0.2) is 0 Å². The second kappa shape index (κ2) is 6.37. The molecule has 2 aromatic rings. The molecular weight excluding hydrogens is 330 g/mol. The lowest BCUT2D eigenvalue weighted by Crippen LogP contribution is -2.35. The van der Waals surface area contributed by atoms with Gasteiger partial charge in [-0.3, -0.25) is 4.79 Å². The molecule has 1 aliphatic heterocycles. The van der Waals surface area contributed by atoms with Crippen molar-refractivity contribution in [1.29, 1.82) is 0 Å². The first kappa shape index (κ1) is 17.0. The number of nitrogens with zero attached hydrogens (tertiary/aromatic N) is 4. The first-order chi connectivity index (χ1) is 12.5. The van der Waals surface area contributed by atoms with E-state index in [-0.39, 0.29) is 17.4 Å². The zero-order valence-corrected chi connectivity index (χ0v) is 15.5. The summed E-state index contributed by atoms with van der Waals surface area (Å²) >= 11 is 0. The average Bonchev–Trinajstić information content (AvgIpc) is 3.27. The van der Waals surface area contributed by atoms with Crippen LogP contribution >= 0.6 is 0 Å². The Hall–Kier alpha value is -2.44. The highest BCUT2D eigenvalue weighted by molar-refractivity contribution is 5.99. The van der Waals surface area contributed by atoms with E-state index in [4.69, 9.17) is 4.42 Å². The summed E-state index contributed by atoms with van der Waals surface area (Å²) in [5.41, 5.74) is 0.433. The van der Waals surface area contributed by atoms with Gasteiger partial charge in [-0.05, 0) is 44.7 Å². The van der Waals surface area contributed by atoms with Crippen LogP contribution in [0.15, 0.2) is 22.7 Å². The Bertz CT molecular complexity index is 818. The number of aryl methyl sites for hydroxylation is 1. The molecule has 1 saturated carbocycles. The summed E-state index contributed by atoms with van der Waals surface area (Å²) in [5, 5.41) is 11.6. The Morgan fingerprint density at radius 1 is 1.42 bits per heavy atom. The maximum atomic E-state index is 13.2. The second-order valence-electron chi connectivity index (χ2n) is 7.76. The molecular formula is C19H25N5O2. The van der Waals surface area contributed by atoms with Crippen LogP contribution in [-0.2, 0) is 5.41 Å². The summed E-state index contributed by atoms with van der Waals surface area (Å²) in [6, 6.07) is 3.87. The number of fused-ring (bicyclic) bond motifs is 1. The van der Waals surface area contributed by atoms with Gasteiger partial charge in [0, 0.05) is 32.3 Å². The number of hydrogen-bond donors (Lipinski definition) is 1. The number of pyridine rings is 1. The van der Waals surface area contributed by atoms with E-state index in [1.807, 2.05) is 37.8 Å². The van der Waals surface area contributed by atoms with E-state index in [0.29, 0.717) is 35.6 Å². The van der Waals surface area contributed by atoms with Gasteiger partial charge < -0.3 is 14.6 Å². The summed E-state index contributed by atoms with van der Waals surface area (Å²) in [7, 11) is 0. The molecule has 138 valence electrons. The number of nitrogens with one attached hydrogen (secondary N) is 1. The maximum Gasteiger partial charge on any atom is 0.257 e. The van der Waals surface area contributed by atoms with Crippen molar-refractivity contribution in [1.82, 2.24) is 20.1 Å². The fraction of sp³-hybridized carbons (Fsp3) is 0.579. The maximum absolute atomic E-state index is 13.2. The molecule has 7 nitrogen and oxygen atoms in total. The lowest BCUT2D eigenvalue weighted by molar-refractivity contribution is 0.0776. The highest BCUT2D eigenvalue weighted by atomic mass is 16.4. The fourth-order valence-electron chi connectivity index (χ4n) is 4.43. The molecule has 2 fully saturated rings. The third kappa shape index (κ3) is 2.75. The summed E-state index contributed by atoms with van der Waals surface area (Å²) in [6.07, 6.45) is 4.94. The molecule has 0 unspecified atom stereocenters. The van der Waals surface area contributed by atoms with Crippen LogP contribution in [0.1, 0.15) is 55.2 Å². The van der Waals surface area contributed by atoms with Crippen LogP contribution in [0.2, 0.25) is 0 Å². The highest BCUT2D eigenvalue weighted by Gasteiger charge is 2.55. The lowest BCUT2D eigenvalue weighted by Gasteiger charge is -2.24. The number of carbonyl (C=O) groups is 1. The molecule has 4 rings (SSSR count). The third-order valence-electron chi connectivity index (χ3n) is 5.57. The Morgan fingerprint density at radius 3 is 3.00 bits per heavy atom. The molecule has 2 aromatic heterocycles. The smallest absolute Gasteiger partial charge is 0.257 e. The van der Waals surface area contributed by atoms with Gasteiger partial charge in [-0.1, -0.05) is 6.42 Å². The Kier molecular flexibility index (Phi) is 4.17. The van der Waals surface area contributed by atoms with Gasteiger partial charge in [0.1, 0.15) is 5.82 Å². The average molecular weight is 355 g/mol. The van der Waals surface area contributed by atoms with E-state index in [1.165, 1.54) is 0 Å². The van der Waals surface area contributed by atoms with E-state index in [2.05, 4.69) is 20.5 Å². The van der Waals surface area contributed by atoms with Gasteiger partial charge in [-0.15, -0.1) is 10.2 Å². The minimum absolute atomic E-state index is 0.0197. The van der Waals surface area contributed by atoms with E-state index < -0.39 is 0 Å². The number of likely N-dealkylation sites (tertiary alicyclic amines) is 1. The molecule has 3 heterocycles. The van der Waals surface area contributed by atoms with Crippen molar-refractivity contribution in [3.8, 4) is 0 Å². The van der Waals surface area contributed by atoms with Crippen molar-refractivity contribution in [2.24, 2.45) is 5.92 Å². The van der Waals surface area contributed by atoms with Crippen LogP contribution in [0.3, 0.4) is 0 Å². The van der Waals surface area contributed by atoms with E-state index in [9.17, 15) is 4.79 Å². The summed E-state index contributed by atoms with van der Waals surface area (Å²) in [4.78, 5) is 19.5. The normalized spacial score (nSPS) is 24.9. The molecule has 1 saturated heterocycles. The number of aromatic nitrogens is 3. The standard InChI is InChI=1S/C19H25N5O2/c1-12(2)21-16-15(7-5-9-20-16)17(25)24-10-14-6-4-8-19(14,11-24)18-23-22-13(3)26-18/h5,7,9,12,14H,4,6,8,10-11H2,1-3H3,(H,20,21)/t14-,19-/m0/s1. The molecule has 2 atom stereocenters. The van der Waals surface area contributed by atoms with Gasteiger partial charge in [0.05, 0.1) is 11.0 Å². The zero-order chi connectivity index (χ0) is 18.3. The monoisotopic (exact) mass is 355 g/mol. The van der Waals surface area contributed by atoms with Crippen molar-refractivity contribution in [3.05, 3.63) is 35.7 Å². The predicted octanol–water partition coefficient (Wildman–Crippen LogP) is 2.79. The summed E-state index contributed by atoms with van der Waals surface area (Å²) < 4.78 is 5.80. The van der Waals surface area contributed by atoms with E-state index in [0.717, 1.165) is 25.8 Å². The Balaban J connectivity index is 1.62. The Morgan fingerprint density at radius 2 is 2.27 bits per heavy atom. The van der Waals surface area contributed by atoms with E-state index >= 15 is 0 Å². The number of anilines is 1. The van der Waals surface area contributed by atoms with Crippen molar-refractivity contribution in [2.75, 3.05) is 18.4 Å². The minimum Gasteiger partial charge on any atom is -0.425 e. The minimum atomic E-state index is -0.190. The van der Waals surface area contributed by atoms with Gasteiger partial charge in [0.25, 0.3) is 5.91 Å². The van der Waals surface area contributed by atoms with Crippen LogP contribution in [-0.4, -0.2) is 45.1 Å². The molecule has 0 aromatic carbocycles. The van der Waals surface area contributed by atoms with Crippen LogP contribution < -0.4 is 5.32 Å². The van der Waals surface area contributed by atoms with Gasteiger partial charge >= 0.3 is 0 Å². The third-order valence-corrected chi connectivity index (χ3v) is 5.57. The summed E-state index contributed by atoms with van der Waals surface area (Å²) in [5.74, 6) is 2.32. The topological polar surface area (TPSA) is 84.2 Å². The van der Waals surface area contributed by atoms with Crippen molar-refractivity contribution in [2.45, 2.75) is 51.5 Å². The number of rotatable bonds is 4. The quantitative estimate of drug-likeness (QED) is 0.908. The number of hydrogen-bond acceptors (Lipinski definition) is 6. The van der Waals surface area contributed by atoms with Gasteiger partial charge in [0.2, 0.25) is 11.8 Å². The molecule has 26 heavy (non-hydrogen) atoms. The second-order valence-corrected chi connectivity index (χ2v) is 7.76. The summed E-state index contributed by atoms with van der Waals surface area (Å²) in [6.45, 7) is 7.26. The number of amides is 1. The molecule has 0 bridgehead atoms. The van der Waals surface area contributed by atoms with E-state index in [1.54, 1.807) is 6.20 Å². The van der Waals surface area contributed by atoms with Crippen molar-refractivity contribution < 1.29 is 9.21 Å².